The predicted molar refractivity (Wildman–Crippen MR) is 131 cm³/mol. The van der Waals surface area contributed by atoms with Gasteiger partial charge in [-0.1, -0.05) is 74.0 Å². The lowest BCUT2D eigenvalue weighted by Gasteiger charge is -2.09. The minimum atomic E-state index is 0.863. The summed E-state index contributed by atoms with van der Waals surface area (Å²) >= 11 is 0. The number of aromatic nitrogens is 3. The highest BCUT2D eigenvalue weighted by molar-refractivity contribution is 5.82. The molecular weight excluding hydrogens is 394 g/mol. The van der Waals surface area contributed by atoms with Gasteiger partial charge >= 0.3 is 0 Å². The van der Waals surface area contributed by atoms with E-state index >= 15 is 0 Å². The van der Waals surface area contributed by atoms with E-state index in [9.17, 15) is 0 Å². The maximum atomic E-state index is 5.36. The Hall–Kier alpha value is -3.79. The zero-order valence-electron chi connectivity index (χ0n) is 18.5. The summed E-state index contributed by atoms with van der Waals surface area (Å²) in [5.41, 5.74) is 6.75. The number of methoxy groups -OCH3 is 1. The van der Waals surface area contributed by atoms with Gasteiger partial charge in [-0.05, 0) is 30.7 Å². The maximum Gasteiger partial charge on any atom is 0.215 e. The molecule has 0 N–H and O–H groups in total. The first-order chi connectivity index (χ1) is 15.8. The van der Waals surface area contributed by atoms with E-state index in [1.54, 1.807) is 7.11 Å². The molecule has 0 aliphatic rings. The van der Waals surface area contributed by atoms with Crippen LogP contribution in [0.4, 0.5) is 0 Å². The molecule has 0 fully saturated rings. The summed E-state index contributed by atoms with van der Waals surface area (Å²) in [5.74, 6) is 1.84. The first-order valence-corrected chi connectivity index (χ1v) is 11.2. The number of fused-ring (bicyclic) bond motifs is 1. The fourth-order valence-corrected chi connectivity index (χ4v) is 4.23. The normalized spacial score (nSPS) is 11.2. The number of nitrogens with zero attached hydrogens (tertiary/aromatic N) is 3. The number of unbranched alkanes of at least 4 members (excludes halogenated alkanes) is 1. The molecule has 2 heterocycles. The Kier molecular flexibility index (Phi) is 5.51. The van der Waals surface area contributed by atoms with E-state index in [0.29, 0.717) is 0 Å². The molecule has 32 heavy (non-hydrogen) atoms. The lowest BCUT2D eigenvalue weighted by atomic mass is 10.0. The van der Waals surface area contributed by atoms with E-state index in [4.69, 9.17) is 9.72 Å². The maximum absolute atomic E-state index is 5.36. The first-order valence-electron chi connectivity index (χ1n) is 11.2. The highest BCUT2D eigenvalue weighted by Crippen LogP contribution is 2.36. The molecule has 160 valence electrons. The number of aryl methyl sites for hydroxylation is 1. The van der Waals surface area contributed by atoms with Crippen molar-refractivity contribution in [2.75, 3.05) is 7.11 Å². The molecule has 0 unspecified atom stereocenters. The molecule has 5 rings (SSSR count). The van der Waals surface area contributed by atoms with Crippen LogP contribution in [0.3, 0.4) is 0 Å². The number of imidazole rings is 2. The Morgan fingerprint density at radius 1 is 0.781 bits per heavy atom. The van der Waals surface area contributed by atoms with Crippen molar-refractivity contribution in [2.45, 2.75) is 26.3 Å². The minimum Gasteiger partial charge on any atom is -0.497 e. The molecule has 0 aliphatic heterocycles. The van der Waals surface area contributed by atoms with Gasteiger partial charge in [0.25, 0.3) is 0 Å². The largest absolute Gasteiger partial charge is 0.497 e. The Labute approximate surface area is 188 Å². The van der Waals surface area contributed by atoms with Gasteiger partial charge in [-0.15, -0.1) is 0 Å². The molecule has 0 atom stereocenters. The quantitative estimate of drug-likeness (QED) is 0.285. The van der Waals surface area contributed by atoms with Crippen molar-refractivity contribution in [1.82, 2.24) is 14.0 Å². The first kappa shape index (κ1) is 20.1. The van der Waals surface area contributed by atoms with Crippen molar-refractivity contribution in [3.05, 3.63) is 91.1 Å². The number of hydrogen-bond donors (Lipinski definition) is 0. The van der Waals surface area contributed by atoms with Crippen molar-refractivity contribution in [3.8, 4) is 39.5 Å². The topological polar surface area (TPSA) is 31.5 Å². The molecule has 4 nitrogen and oxygen atoms in total. The summed E-state index contributed by atoms with van der Waals surface area (Å²) in [7, 11) is 1.70. The zero-order chi connectivity index (χ0) is 21.9. The average molecular weight is 422 g/mol. The van der Waals surface area contributed by atoms with Crippen LogP contribution in [-0.2, 0) is 6.54 Å². The summed E-state index contributed by atoms with van der Waals surface area (Å²) in [6.07, 6.45) is 4.46. The summed E-state index contributed by atoms with van der Waals surface area (Å²) in [6.45, 7) is 3.15. The molecule has 0 saturated carbocycles. The SMILES string of the molecule is CCCCn1c(-c2ccc(OC)cc2)cn2c(-c3ccccc3)c(-c3ccccc3)nc12. The Morgan fingerprint density at radius 2 is 1.44 bits per heavy atom. The second-order valence-electron chi connectivity index (χ2n) is 7.96. The standard InChI is InChI=1S/C28H27N3O/c1-3-4-19-30-25(21-15-17-24(32-2)18-16-21)20-31-27(23-13-9-6-10-14-23)26(29-28(30)31)22-11-7-5-8-12-22/h5-18,20H,3-4,19H2,1-2H3. The van der Waals surface area contributed by atoms with E-state index in [0.717, 1.165) is 59.0 Å². The number of benzene rings is 3. The summed E-state index contributed by atoms with van der Waals surface area (Å²) < 4.78 is 9.97. The van der Waals surface area contributed by atoms with Crippen LogP contribution in [0.2, 0.25) is 0 Å². The van der Waals surface area contributed by atoms with Gasteiger partial charge in [-0.3, -0.25) is 4.40 Å². The summed E-state index contributed by atoms with van der Waals surface area (Å²) in [6, 6.07) is 29.3. The molecule has 0 bridgehead atoms. The van der Waals surface area contributed by atoms with E-state index in [2.05, 4.69) is 88.8 Å². The van der Waals surface area contributed by atoms with Gasteiger partial charge in [-0.2, -0.15) is 0 Å². The number of rotatable bonds is 7. The van der Waals surface area contributed by atoms with Crippen LogP contribution in [0.15, 0.2) is 91.1 Å². The third-order valence-electron chi connectivity index (χ3n) is 5.89. The van der Waals surface area contributed by atoms with Crippen LogP contribution in [0.25, 0.3) is 39.5 Å². The molecule has 5 aromatic rings. The summed E-state index contributed by atoms with van der Waals surface area (Å²) in [4.78, 5) is 5.19. The average Bonchev–Trinajstić information content (AvgIpc) is 3.40. The van der Waals surface area contributed by atoms with Crippen LogP contribution in [0.5, 0.6) is 5.75 Å². The molecule has 0 spiro atoms. The summed E-state index contributed by atoms with van der Waals surface area (Å²) in [5, 5.41) is 0. The molecule has 2 aromatic heterocycles. The predicted octanol–water partition coefficient (Wildman–Crippen LogP) is 6.95. The van der Waals surface area contributed by atoms with E-state index in [1.807, 2.05) is 18.2 Å². The fourth-order valence-electron chi connectivity index (χ4n) is 4.23. The van der Waals surface area contributed by atoms with Crippen molar-refractivity contribution in [1.29, 1.82) is 0 Å². The van der Waals surface area contributed by atoms with Gasteiger partial charge in [-0.25, -0.2) is 4.98 Å². The van der Waals surface area contributed by atoms with Crippen molar-refractivity contribution < 1.29 is 4.74 Å². The van der Waals surface area contributed by atoms with Crippen LogP contribution in [-0.4, -0.2) is 21.1 Å². The third-order valence-corrected chi connectivity index (χ3v) is 5.89. The lowest BCUT2D eigenvalue weighted by molar-refractivity contribution is 0.415. The highest BCUT2D eigenvalue weighted by atomic mass is 16.5. The molecule has 0 aliphatic carbocycles. The Balaban J connectivity index is 1.77. The van der Waals surface area contributed by atoms with Gasteiger partial charge < -0.3 is 9.30 Å². The van der Waals surface area contributed by atoms with Gasteiger partial charge in [0, 0.05) is 29.4 Å². The van der Waals surface area contributed by atoms with E-state index in [1.165, 1.54) is 5.69 Å². The van der Waals surface area contributed by atoms with Crippen molar-refractivity contribution >= 4 is 5.78 Å². The Morgan fingerprint density at radius 3 is 2.06 bits per heavy atom. The van der Waals surface area contributed by atoms with E-state index in [-0.39, 0.29) is 0 Å². The molecule has 4 heteroatoms. The van der Waals surface area contributed by atoms with Gasteiger partial charge in [0.05, 0.1) is 24.2 Å². The van der Waals surface area contributed by atoms with Gasteiger partial charge in [0.1, 0.15) is 5.75 Å². The number of hydrogen-bond acceptors (Lipinski definition) is 2. The molecule has 0 saturated heterocycles. The van der Waals surface area contributed by atoms with Crippen LogP contribution in [0, 0.1) is 0 Å². The second-order valence-corrected chi connectivity index (χ2v) is 7.96. The monoisotopic (exact) mass is 421 g/mol. The van der Waals surface area contributed by atoms with Gasteiger partial charge in [0.2, 0.25) is 5.78 Å². The zero-order valence-corrected chi connectivity index (χ0v) is 18.5. The molecular formula is C28H27N3O. The van der Waals surface area contributed by atoms with Crippen LogP contribution in [0.1, 0.15) is 19.8 Å². The van der Waals surface area contributed by atoms with E-state index < -0.39 is 0 Å². The fraction of sp³-hybridized carbons (Fsp3) is 0.179. The molecule has 0 radical (unpaired) electrons. The Bertz CT molecular complexity index is 1320. The molecule has 0 amide bonds. The highest BCUT2D eigenvalue weighted by Gasteiger charge is 2.21. The second kappa shape index (κ2) is 8.75. The molecule has 3 aromatic carbocycles. The van der Waals surface area contributed by atoms with Crippen molar-refractivity contribution in [2.24, 2.45) is 0 Å². The smallest absolute Gasteiger partial charge is 0.215 e. The minimum absolute atomic E-state index is 0.863. The third kappa shape index (κ3) is 3.58. The van der Waals surface area contributed by atoms with Crippen LogP contribution >= 0.6 is 0 Å². The lowest BCUT2D eigenvalue weighted by Crippen LogP contribution is -2.01. The van der Waals surface area contributed by atoms with Gasteiger partial charge in [0.15, 0.2) is 0 Å². The van der Waals surface area contributed by atoms with Crippen LogP contribution < -0.4 is 4.74 Å². The van der Waals surface area contributed by atoms with Crippen molar-refractivity contribution in [3.63, 3.8) is 0 Å². The number of ether oxygens (including phenoxy) is 1.